The van der Waals surface area contributed by atoms with E-state index in [4.69, 9.17) is 15.6 Å². The molecule has 0 spiro atoms. The molecule has 1 aromatic heterocycles. The van der Waals surface area contributed by atoms with Crippen molar-refractivity contribution < 1.29 is 4.74 Å². The highest BCUT2D eigenvalue weighted by molar-refractivity contribution is 5.65. The molecule has 0 amide bonds. The van der Waals surface area contributed by atoms with E-state index in [1.807, 2.05) is 22.9 Å². The monoisotopic (exact) mass is 321 g/mol. The fourth-order valence-electron chi connectivity index (χ4n) is 2.82. The number of hydrogen-bond acceptors (Lipinski definition) is 3. The smallest absolute Gasteiger partial charge is 0.119 e. The number of rotatable bonds is 5. The van der Waals surface area contributed by atoms with E-state index in [-0.39, 0.29) is 0 Å². The molecule has 2 N–H and O–H groups in total. The highest BCUT2D eigenvalue weighted by Gasteiger charge is 2.14. The maximum Gasteiger partial charge on any atom is 0.119 e. The molecular formula is C20H23N3O. The van der Waals surface area contributed by atoms with Crippen molar-refractivity contribution in [1.82, 2.24) is 9.78 Å². The van der Waals surface area contributed by atoms with Crippen LogP contribution in [0.15, 0.2) is 48.5 Å². The van der Waals surface area contributed by atoms with Crippen molar-refractivity contribution in [2.75, 3.05) is 13.7 Å². The minimum Gasteiger partial charge on any atom is -0.497 e. The zero-order valence-electron chi connectivity index (χ0n) is 14.4. The van der Waals surface area contributed by atoms with Gasteiger partial charge in [0.1, 0.15) is 5.75 Å². The van der Waals surface area contributed by atoms with Gasteiger partial charge in [0.25, 0.3) is 0 Å². The lowest BCUT2D eigenvalue weighted by molar-refractivity contribution is 0.415. The van der Waals surface area contributed by atoms with Crippen LogP contribution < -0.4 is 10.5 Å². The van der Waals surface area contributed by atoms with Crippen molar-refractivity contribution in [3.63, 3.8) is 0 Å². The zero-order valence-corrected chi connectivity index (χ0v) is 14.4. The minimum atomic E-state index is 0.585. The van der Waals surface area contributed by atoms with Gasteiger partial charge in [0.05, 0.1) is 24.2 Å². The minimum absolute atomic E-state index is 0.585. The van der Waals surface area contributed by atoms with Crippen LogP contribution in [0.1, 0.15) is 16.8 Å². The van der Waals surface area contributed by atoms with Crippen LogP contribution in [-0.2, 0) is 6.42 Å². The first-order chi connectivity index (χ1) is 11.6. The number of benzene rings is 2. The normalized spacial score (nSPS) is 10.8. The maximum absolute atomic E-state index is 5.73. The zero-order chi connectivity index (χ0) is 17.1. The second-order valence-electron chi connectivity index (χ2n) is 5.99. The molecule has 3 rings (SSSR count). The molecule has 0 saturated heterocycles. The van der Waals surface area contributed by atoms with Gasteiger partial charge in [-0.2, -0.15) is 5.10 Å². The van der Waals surface area contributed by atoms with Crippen LogP contribution in [0.2, 0.25) is 0 Å². The summed E-state index contributed by atoms with van der Waals surface area (Å²) >= 11 is 0. The van der Waals surface area contributed by atoms with E-state index in [9.17, 15) is 0 Å². The number of nitrogens with two attached hydrogens (primary N) is 1. The third kappa shape index (κ3) is 3.19. The molecule has 0 bridgehead atoms. The van der Waals surface area contributed by atoms with Gasteiger partial charge in [-0.1, -0.05) is 24.3 Å². The summed E-state index contributed by atoms with van der Waals surface area (Å²) in [5.74, 6) is 0.835. The second kappa shape index (κ2) is 6.89. The first-order valence-corrected chi connectivity index (χ1v) is 8.13. The van der Waals surface area contributed by atoms with Gasteiger partial charge in [0.2, 0.25) is 0 Å². The van der Waals surface area contributed by atoms with Crippen molar-refractivity contribution in [2.45, 2.75) is 20.3 Å². The summed E-state index contributed by atoms with van der Waals surface area (Å²) in [6.07, 6.45) is 0.759. The predicted molar refractivity (Wildman–Crippen MR) is 97.8 cm³/mol. The molecule has 0 fully saturated rings. The molecule has 3 aromatic rings. The lowest BCUT2D eigenvalue weighted by Gasteiger charge is -2.12. The van der Waals surface area contributed by atoms with Gasteiger partial charge in [-0.05, 0) is 55.8 Å². The Morgan fingerprint density at radius 2 is 1.92 bits per heavy atom. The molecule has 0 aliphatic heterocycles. The highest BCUT2D eigenvalue weighted by atomic mass is 16.5. The first kappa shape index (κ1) is 16.3. The summed E-state index contributed by atoms with van der Waals surface area (Å²) in [7, 11) is 1.68. The molecule has 2 aromatic carbocycles. The van der Waals surface area contributed by atoms with Crippen molar-refractivity contribution in [2.24, 2.45) is 5.73 Å². The lowest BCUT2D eigenvalue weighted by atomic mass is 10.1. The Morgan fingerprint density at radius 1 is 1.08 bits per heavy atom. The van der Waals surface area contributed by atoms with E-state index >= 15 is 0 Å². The molecule has 0 aliphatic carbocycles. The summed E-state index contributed by atoms with van der Waals surface area (Å²) in [4.78, 5) is 0. The Morgan fingerprint density at radius 3 is 2.67 bits per heavy atom. The molecule has 1 heterocycles. The van der Waals surface area contributed by atoms with E-state index in [1.165, 1.54) is 11.1 Å². The van der Waals surface area contributed by atoms with Gasteiger partial charge in [-0.25, -0.2) is 4.68 Å². The predicted octanol–water partition coefficient (Wildman–Crippen LogP) is 3.67. The van der Waals surface area contributed by atoms with Crippen LogP contribution in [0.5, 0.6) is 5.75 Å². The van der Waals surface area contributed by atoms with Gasteiger partial charge in [0.15, 0.2) is 0 Å². The van der Waals surface area contributed by atoms with E-state index in [1.54, 1.807) is 7.11 Å². The molecule has 0 unspecified atom stereocenters. The summed E-state index contributed by atoms with van der Waals surface area (Å²) < 4.78 is 7.39. The Balaban J connectivity index is 2.19. The third-order valence-electron chi connectivity index (χ3n) is 4.12. The van der Waals surface area contributed by atoms with Crippen molar-refractivity contribution in [3.05, 3.63) is 65.4 Å². The van der Waals surface area contributed by atoms with E-state index in [0.717, 1.165) is 34.8 Å². The number of aryl methyl sites for hydroxylation is 2. The SMILES string of the molecule is COc1cccc(-c2cc(CCN)nn2-c2cc(C)ccc2C)c1. The number of aromatic nitrogens is 2. The molecule has 4 nitrogen and oxygen atoms in total. The fourth-order valence-corrected chi connectivity index (χ4v) is 2.82. The summed E-state index contributed by atoms with van der Waals surface area (Å²) in [5.41, 5.74) is 12.3. The third-order valence-corrected chi connectivity index (χ3v) is 4.12. The van der Waals surface area contributed by atoms with Crippen molar-refractivity contribution in [1.29, 1.82) is 0 Å². The van der Waals surface area contributed by atoms with Crippen LogP contribution in [0.3, 0.4) is 0 Å². The van der Waals surface area contributed by atoms with Gasteiger partial charge >= 0.3 is 0 Å². The lowest BCUT2D eigenvalue weighted by Crippen LogP contribution is -2.05. The Labute approximate surface area is 142 Å². The average molecular weight is 321 g/mol. The molecule has 0 aliphatic rings. The number of nitrogens with zero attached hydrogens (tertiary/aromatic N) is 2. The first-order valence-electron chi connectivity index (χ1n) is 8.13. The van der Waals surface area contributed by atoms with E-state index in [0.29, 0.717) is 6.54 Å². The average Bonchev–Trinajstić information content (AvgIpc) is 3.01. The standard InChI is InChI=1S/C20H23N3O/c1-14-7-8-15(2)19(11-14)23-20(13-17(22-23)9-10-21)16-5-4-6-18(12-16)24-3/h4-8,11-13H,9-10,21H2,1-3H3. The van der Waals surface area contributed by atoms with Gasteiger partial charge in [-0.3, -0.25) is 0 Å². The molecule has 24 heavy (non-hydrogen) atoms. The highest BCUT2D eigenvalue weighted by Crippen LogP contribution is 2.28. The molecule has 0 atom stereocenters. The Bertz CT molecular complexity index is 852. The van der Waals surface area contributed by atoms with E-state index in [2.05, 4.69) is 44.2 Å². The Hall–Kier alpha value is -2.59. The molecule has 4 heteroatoms. The van der Waals surface area contributed by atoms with Crippen LogP contribution >= 0.6 is 0 Å². The van der Waals surface area contributed by atoms with Gasteiger partial charge in [0, 0.05) is 12.0 Å². The summed E-state index contributed by atoms with van der Waals surface area (Å²) in [6.45, 7) is 4.79. The van der Waals surface area contributed by atoms with Crippen LogP contribution in [0.25, 0.3) is 16.9 Å². The largest absolute Gasteiger partial charge is 0.497 e. The van der Waals surface area contributed by atoms with E-state index < -0.39 is 0 Å². The van der Waals surface area contributed by atoms with Crippen molar-refractivity contribution >= 4 is 0 Å². The van der Waals surface area contributed by atoms with Crippen LogP contribution in [0, 0.1) is 13.8 Å². The molecule has 0 radical (unpaired) electrons. The van der Waals surface area contributed by atoms with Crippen LogP contribution in [-0.4, -0.2) is 23.4 Å². The fraction of sp³-hybridized carbons (Fsp3) is 0.250. The summed E-state index contributed by atoms with van der Waals surface area (Å²) in [5, 5.41) is 4.80. The number of methoxy groups -OCH3 is 1. The molecular weight excluding hydrogens is 298 g/mol. The summed E-state index contributed by atoms with van der Waals surface area (Å²) in [6, 6.07) is 16.6. The number of hydrogen-bond donors (Lipinski definition) is 1. The number of ether oxygens (including phenoxy) is 1. The second-order valence-corrected chi connectivity index (χ2v) is 5.99. The van der Waals surface area contributed by atoms with Crippen molar-refractivity contribution in [3.8, 4) is 22.7 Å². The Kier molecular flexibility index (Phi) is 4.67. The van der Waals surface area contributed by atoms with Gasteiger partial charge in [-0.15, -0.1) is 0 Å². The maximum atomic E-state index is 5.73. The molecule has 124 valence electrons. The van der Waals surface area contributed by atoms with Gasteiger partial charge < -0.3 is 10.5 Å². The molecule has 0 saturated carbocycles. The topological polar surface area (TPSA) is 53.1 Å². The quantitative estimate of drug-likeness (QED) is 0.780. The van der Waals surface area contributed by atoms with Crippen LogP contribution in [0.4, 0.5) is 0 Å².